The molecule has 1 aliphatic rings. The van der Waals surface area contributed by atoms with Crippen LogP contribution < -0.4 is 5.69 Å². The van der Waals surface area contributed by atoms with Crippen LogP contribution in [0.25, 0.3) is 0 Å². The number of aromatic nitrogens is 3. The maximum atomic E-state index is 11.9. The number of nitrogens with one attached hydrogen (secondary N) is 1. The van der Waals surface area contributed by atoms with Crippen molar-refractivity contribution in [1.82, 2.24) is 14.8 Å². The molecule has 0 radical (unpaired) electrons. The Morgan fingerprint density at radius 1 is 1.47 bits per heavy atom. The van der Waals surface area contributed by atoms with Crippen molar-refractivity contribution < 1.29 is 9.90 Å². The van der Waals surface area contributed by atoms with Gasteiger partial charge in [-0.3, -0.25) is 9.36 Å². The molecule has 106 valence electrons. The Labute approximate surface area is 115 Å². The zero-order chi connectivity index (χ0) is 13.8. The van der Waals surface area contributed by atoms with Gasteiger partial charge in [-0.1, -0.05) is 37.9 Å². The monoisotopic (exact) mass is 285 g/mol. The van der Waals surface area contributed by atoms with Gasteiger partial charge in [0.05, 0.1) is 5.75 Å². The Hall–Kier alpha value is -1.24. The molecule has 1 aromatic heterocycles. The summed E-state index contributed by atoms with van der Waals surface area (Å²) in [6.07, 6.45) is 5.56. The summed E-state index contributed by atoms with van der Waals surface area (Å²) in [7, 11) is 0. The number of H-pyrrole nitrogens is 1. The molecule has 0 spiro atoms. The molecule has 1 aliphatic carbocycles. The molecule has 0 saturated heterocycles. The fraction of sp³-hybridized carbons (Fsp3) is 0.750. The number of nitrogens with zero attached hydrogens (tertiary/aromatic N) is 2. The Morgan fingerprint density at radius 2 is 2.21 bits per heavy atom. The number of thioether (sulfide) groups is 1. The number of hydrogen-bond acceptors (Lipinski definition) is 4. The normalized spacial score (nSPS) is 24.1. The highest BCUT2D eigenvalue weighted by Gasteiger charge is 2.26. The van der Waals surface area contributed by atoms with Crippen molar-refractivity contribution in [2.24, 2.45) is 5.92 Å². The van der Waals surface area contributed by atoms with E-state index in [9.17, 15) is 9.59 Å². The van der Waals surface area contributed by atoms with Crippen LogP contribution in [-0.4, -0.2) is 31.6 Å². The molecule has 0 amide bonds. The lowest BCUT2D eigenvalue weighted by molar-refractivity contribution is -0.133. The number of aromatic amines is 1. The van der Waals surface area contributed by atoms with E-state index in [0.717, 1.165) is 31.0 Å². The summed E-state index contributed by atoms with van der Waals surface area (Å²) in [5.74, 6) is -0.561. The van der Waals surface area contributed by atoms with Crippen LogP contribution in [0.5, 0.6) is 0 Å². The van der Waals surface area contributed by atoms with Crippen LogP contribution in [0.15, 0.2) is 9.95 Å². The van der Waals surface area contributed by atoms with Crippen molar-refractivity contribution in [2.75, 3.05) is 5.75 Å². The second kappa shape index (κ2) is 6.27. The van der Waals surface area contributed by atoms with Gasteiger partial charge in [0.2, 0.25) is 0 Å². The third-order valence-corrected chi connectivity index (χ3v) is 4.58. The number of carboxylic acids is 1. The zero-order valence-corrected chi connectivity index (χ0v) is 11.8. The van der Waals surface area contributed by atoms with Crippen molar-refractivity contribution in [3.8, 4) is 0 Å². The summed E-state index contributed by atoms with van der Waals surface area (Å²) in [5.41, 5.74) is -0.230. The van der Waals surface area contributed by atoms with Crippen molar-refractivity contribution >= 4 is 17.7 Å². The molecule has 19 heavy (non-hydrogen) atoms. The van der Waals surface area contributed by atoms with Gasteiger partial charge in [0.1, 0.15) is 0 Å². The molecule has 1 saturated carbocycles. The quantitative estimate of drug-likeness (QED) is 0.651. The first-order valence-electron chi connectivity index (χ1n) is 6.61. The third-order valence-electron chi connectivity index (χ3n) is 3.64. The SMILES string of the molecule is CC1CCCCCC1n1c(SCC(=O)O)n[nH]c1=O. The lowest BCUT2D eigenvalue weighted by Gasteiger charge is -2.22. The van der Waals surface area contributed by atoms with Gasteiger partial charge in [-0.25, -0.2) is 9.89 Å². The molecule has 1 heterocycles. The summed E-state index contributed by atoms with van der Waals surface area (Å²) in [5, 5.41) is 15.6. The topological polar surface area (TPSA) is 88.0 Å². The van der Waals surface area contributed by atoms with E-state index in [-0.39, 0.29) is 17.5 Å². The highest BCUT2D eigenvalue weighted by molar-refractivity contribution is 7.99. The van der Waals surface area contributed by atoms with Crippen LogP contribution in [0.1, 0.15) is 45.1 Å². The fourth-order valence-electron chi connectivity index (χ4n) is 2.67. The molecule has 7 heteroatoms. The van der Waals surface area contributed by atoms with E-state index in [2.05, 4.69) is 17.1 Å². The maximum Gasteiger partial charge on any atom is 0.344 e. The number of aliphatic carboxylic acids is 1. The molecule has 0 aliphatic heterocycles. The second-order valence-corrected chi connectivity index (χ2v) is 5.99. The van der Waals surface area contributed by atoms with Gasteiger partial charge in [0.25, 0.3) is 0 Å². The first-order valence-corrected chi connectivity index (χ1v) is 7.59. The highest BCUT2D eigenvalue weighted by atomic mass is 32.2. The molecule has 1 aromatic rings. The molecule has 6 nitrogen and oxygen atoms in total. The van der Waals surface area contributed by atoms with Gasteiger partial charge < -0.3 is 5.11 Å². The first kappa shape index (κ1) is 14.2. The first-order chi connectivity index (χ1) is 9.09. The molecular weight excluding hydrogens is 266 g/mol. The molecule has 2 atom stereocenters. The third kappa shape index (κ3) is 3.40. The van der Waals surface area contributed by atoms with Crippen molar-refractivity contribution in [3.05, 3.63) is 10.5 Å². The summed E-state index contributed by atoms with van der Waals surface area (Å²) in [6, 6.07) is 0.130. The Balaban J connectivity index is 2.24. The van der Waals surface area contributed by atoms with Gasteiger partial charge >= 0.3 is 11.7 Å². The summed E-state index contributed by atoms with van der Waals surface area (Å²) < 4.78 is 1.66. The van der Waals surface area contributed by atoms with E-state index in [1.807, 2.05) is 0 Å². The minimum Gasteiger partial charge on any atom is -0.481 e. The van der Waals surface area contributed by atoms with Crippen molar-refractivity contribution in [3.63, 3.8) is 0 Å². The molecule has 0 aromatic carbocycles. The Bertz CT molecular complexity index is 497. The van der Waals surface area contributed by atoms with Crippen molar-refractivity contribution in [1.29, 1.82) is 0 Å². The fourth-order valence-corrected chi connectivity index (χ4v) is 3.39. The summed E-state index contributed by atoms with van der Waals surface area (Å²) >= 11 is 1.10. The van der Waals surface area contributed by atoms with Crippen molar-refractivity contribution in [2.45, 2.75) is 50.2 Å². The van der Waals surface area contributed by atoms with Crippen LogP contribution in [0.2, 0.25) is 0 Å². The average Bonchev–Trinajstić information content (AvgIpc) is 2.58. The van der Waals surface area contributed by atoms with Gasteiger partial charge in [-0.2, -0.15) is 0 Å². The maximum absolute atomic E-state index is 11.9. The number of carbonyl (C=O) groups is 1. The van der Waals surface area contributed by atoms with E-state index >= 15 is 0 Å². The lowest BCUT2D eigenvalue weighted by Crippen LogP contribution is -2.27. The van der Waals surface area contributed by atoms with Gasteiger partial charge in [-0.05, 0) is 18.8 Å². The average molecular weight is 285 g/mol. The van der Waals surface area contributed by atoms with Crippen LogP contribution >= 0.6 is 11.8 Å². The molecule has 2 N–H and O–H groups in total. The zero-order valence-electron chi connectivity index (χ0n) is 11.0. The van der Waals surface area contributed by atoms with E-state index < -0.39 is 5.97 Å². The number of rotatable bonds is 4. The Morgan fingerprint density at radius 3 is 2.95 bits per heavy atom. The van der Waals surface area contributed by atoms with E-state index in [0.29, 0.717) is 11.1 Å². The minimum absolute atomic E-state index is 0.0780. The Kier molecular flexibility index (Phi) is 4.68. The molecule has 1 fully saturated rings. The van der Waals surface area contributed by atoms with Crippen LogP contribution in [0.3, 0.4) is 0 Å². The molecule has 2 unspecified atom stereocenters. The largest absolute Gasteiger partial charge is 0.481 e. The van der Waals surface area contributed by atoms with Crippen LogP contribution in [-0.2, 0) is 4.79 Å². The van der Waals surface area contributed by atoms with E-state index in [4.69, 9.17) is 5.11 Å². The van der Waals surface area contributed by atoms with Gasteiger partial charge in [0.15, 0.2) is 5.16 Å². The number of hydrogen-bond donors (Lipinski definition) is 2. The standard InChI is InChI=1S/C12H19N3O3S/c1-8-5-3-2-4-6-9(8)15-11(18)13-14-12(15)19-7-10(16)17/h8-9H,2-7H2,1H3,(H,13,18)(H,16,17). The number of carboxylic acid groups (broad SMARTS) is 1. The highest BCUT2D eigenvalue weighted by Crippen LogP contribution is 2.33. The van der Waals surface area contributed by atoms with Crippen LogP contribution in [0.4, 0.5) is 0 Å². The lowest BCUT2D eigenvalue weighted by atomic mass is 9.97. The van der Waals surface area contributed by atoms with Crippen LogP contribution in [0, 0.1) is 5.92 Å². The predicted octanol–water partition coefficient (Wildman–Crippen LogP) is 1.89. The predicted molar refractivity (Wildman–Crippen MR) is 72.5 cm³/mol. The van der Waals surface area contributed by atoms with E-state index in [1.54, 1.807) is 4.57 Å². The second-order valence-electron chi connectivity index (χ2n) is 5.05. The minimum atomic E-state index is -0.902. The molecular formula is C12H19N3O3S. The molecule has 0 bridgehead atoms. The van der Waals surface area contributed by atoms with Gasteiger partial charge in [-0.15, -0.1) is 5.10 Å². The van der Waals surface area contributed by atoms with Gasteiger partial charge in [0, 0.05) is 6.04 Å². The molecule has 2 rings (SSSR count). The summed E-state index contributed by atoms with van der Waals surface area (Å²) in [4.78, 5) is 22.6. The van der Waals surface area contributed by atoms with E-state index in [1.165, 1.54) is 12.8 Å². The smallest absolute Gasteiger partial charge is 0.344 e. The summed E-state index contributed by atoms with van der Waals surface area (Å²) in [6.45, 7) is 2.15.